The van der Waals surface area contributed by atoms with Crippen LogP contribution in [0.2, 0.25) is 0 Å². The van der Waals surface area contributed by atoms with E-state index in [0.717, 1.165) is 6.26 Å². The van der Waals surface area contributed by atoms with Gasteiger partial charge in [-0.15, -0.1) is 0 Å². The van der Waals surface area contributed by atoms with Gasteiger partial charge in [-0.3, -0.25) is 0 Å². The molecule has 0 amide bonds. The Hall–Kier alpha value is -1.87. The molecule has 9 heteroatoms. The predicted octanol–water partition coefficient (Wildman–Crippen LogP) is 0.192. The molecule has 0 aromatic carbocycles. The first-order valence-electron chi connectivity index (χ1n) is 6.44. The third-order valence-electron chi connectivity index (χ3n) is 2.41. The van der Waals surface area contributed by atoms with E-state index < -0.39 is 16.0 Å². The van der Waals surface area contributed by atoms with Crippen molar-refractivity contribution in [2.75, 3.05) is 37.0 Å². The molecule has 8 nitrogen and oxygen atoms in total. The van der Waals surface area contributed by atoms with Crippen LogP contribution in [0.5, 0.6) is 0 Å². The minimum absolute atomic E-state index is 0.255. The van der Waals surface area contributed by atoms with E-state index in [9.17, 15) is 13.2 Å². The fourth-order valence-electron chi connectivity index (χ4n) is 1.54. The molecule has 1 rings (SSSR count). The van der Waals surface area contributed by atoms with E-state index in [1.54, 1.807) is 6.92 Å². The number of hydrogen-bond acceptors (Lipinski definition) is 7. The van der Waals surface area contributed by atoms with Gasteiger partial charge in [0.05, 0.1) is 24.7 Å². The number of nitrogen functional groups attached to an aromatic ring is 1. The third-order valence-corrected chi connectivity index (χ3v) is 3.14. The summed E-state index contributed by atoms with van der Waals surface area (Å²) in [5.74, 6) is -0.143. The monoisotopic (exact) mass is 316 g/mol. The molecule has 1 heterocycles. The van der Waals surface area contributed by atoms with Crippen LogP contribution in [0.25, 0.3) is 0 Å². The van der Waals surface area contributed by atoms with Gasteiger partial charge < -0.3 is 15.8 Å². The van der Waals surface area contributed by atoms with Crippen LogP contribution >= 0.6 is 0 Å². The Morgan fingerprint density at radius 1 is 1.43 bits per heavy atom. The number of esters is 1. The molecule has 0 aliphatic rings. The Morgan fingerprint density at radius 2 is 2.14 bits per heavy atom. The second-order valence-corrected chi connectivity index (χ2v) is 6.17. The number of nitrogens with two attached hydrogens (primary N) is 1. The summed E-state index contributed by atoms with van der Waals surface area (Å²) in [7, 11) is -3.19. The van der Waals surface area contributed by atoms with Crippen molar-refractivity contribution < 1.29 is 17.9 Å². The molecule has 0 aliphatic heterocycles. The van der Waals surface area contributed by atoms with E-state index >= 15 is 0 Å². The number of anilines is 2. The van der Waals surface area contributed by atoms with Crippen molar-refractivity contribution in [2.24, 2.45) is 0 Å². The lowest BCUT2D eigenvalue weighted by Gasteiger charge is -2.11. The molecule has 0 aliphatic carbocycles. The van der Waals surface area contributed by atoms with Crippen LogP contribution in [0.1, 0.15) is 23.7 Å². The van der Waals surface area contributed by atoms with E-state index in [4.69, 9.17) is 10.5 Å². The maximum Gasteiger partial charge on any atom is 0.341 e. The van der Waals surface area contributed by atoms with Crippen molar-refractivity contribution in [3.8, 4) is 0 Å². The van der Waals surface area contributed by atoms with E-state index in [1.165, 1.54) is 12.3 Å². The molecule has 0 saturated carbocycles. The molecule has 0 unspecified atom stereocenters. The fraction of sp³-hybridized carbons (Fsp3) is 0.500. The topological polar surface area (TPSA) is 123 Å². The van der Waals surface area contributed by atoms with Crippen LogP contribution in [0.15, 0.2) is 12.3 Å². The zero-order chi connectivity index (χ0) is 15.9. The molecule has 4 N–H and O–H groups in total. The summed E-state index contributed by atoms with van der Waals surface area (Å²) in [6.45, 7) is 2.72. The molecule has 0 atom stereocenters. The van der Waals surface area contributed by atoms with Gasteiger partial charge in [0.2, 0.25) is 10.0 Å². The number of sulfonamides is 1. The van der Waals surface area contributed by atoms with E-state index in [-0.39, 0.29) is 12.2 Å². The SMILES string of the molecule is CCOC(=O)c1cc(N)cnc1NCCCNS(C)(=O)=O. The molecule has 1 aromatic heterocycles. The van der Waals surface area contributed by atoms with Crippen molar-refractivity contribution >= 4 is 27.5 Å². The molecule has 21 heavy (non-hydrogen) atoms. The Balaban J connectivity index is 2.60. The van der Waals surface area contributed by atoms with Crippen molar-refractivity contribution in [2.45, 2.75) is 13.3 Å². The highest BCUT2D eigenvalue weighted by Gasteiger charge is 2.14. The van der Waals surface area contributed by atoms with Crippen molar-refractivity contribution in [3.05, 3.63) is 17.8 Å². The summed E-state index contributed by atoms with van der Waals surface area (Å²) in [5.41, 5.74) is 6.23. The maximum absolute atomic E-state index is 11.8. The number of rotatable bonds is 8. The van der Waals surface area contributed by atoms with Gasteiger partial charge in [-0.1, -0.05) is 0 Å². The highest BCUT2D eigenvalue weighted by molar-refractivity contribution is 7.88. The third kappa shape index (κ3) is 6.41. The summed E-state index contributed by atoms with van der Waals surface area (Å²) in [6.07, 6.45) is 3.07. The van der Waals surface area contributed by atoms with Gasteiger partial charge in [0.15, 0.2) is 0 Å². The van der Waals surface area contributed by atoms with Gasteiger partial charge in [0.1, 0.15) is 11.4 Å². The molecular formula is C12H20N4O4S. The lowest BCUT2D eigenvalue weighted by molar-refractivity contribution is 0.0527. The van der Waals surface area contributed by atoms with E-state index in [0.29, 0.717) is 31.0 Å². The summed E-state index contributed by atoms with van der Waals surface area (Å²) in [5, 5.41) is 2.96. The zero-order valence-electron chi connectivity index (χ0n) is 12.0. The predicted molar refractivity (Wildman–Crippen MR) is 80.6 cm³/mol. The van der Waals surface area contributed by atoms with Gasteiger partial charge in [0, 0.05) is 13.1 Å². The normalized spacial score (nSPS) is 11.1. The van der Waals surface area contributed by atoms with Crippen LogP contribution in [-0.2, 0) is 14.8 Å². The van der Waals surface area contributed by atoms with Gasteiger partial charge in [-0.05, 0) is 19.4 Å². The molecule has 0 bridgehead atoms. The van der Waals surface area contributed by atoms with Crippen LogP contribution in [0.4, 0.5) is 11.5 Å². The molecule has 0 radical (unpaired) electrons. The maximum atomic E-state index is 11.8. The average molecular weight is 316 g/mol. The number of hydrogen-bond donors (Lipinski definition) is 3. The van der Waals surface area contributed by atoms with Crippen LogP contribution in [0.3, 0.4) is 0 Å². The first kappa shape index (κ1) is 17.2. The Kier molecular flexibility index (Phi) is 6.38. The molecule has 1 aromatic rings. The van der Waals surface area contributed by atoms with Crippen LogP contribution in [-0.4, -0.2) is 45.3 Å². The van der Waals surface area contributed by atoms with Gasteiger partial charge in [-0.2, -0.15) is 0 Å². The minimum atomic E-state index is -3.19. The number of aromatic nitrogens is 1. The molecule has 0 saturated heterocycles. The lowest BCUT2D eigenvalue weighted by atomic mass is 10.2. The number of nitrogens with zero attached hydrogens (tertiary/aromatic N) is 1. The second kappa shape index (κ2) is 7.79. The van der Waals surface area contributed by atoms with Crippen LogP contribution in [0, 0.1) is 0 Å². The first-order chi connectivity index (χ1) is 9.83. The quantitative estimate of drug-likeness (QED) is 0.462. The first-order valence-corrected chi connectivity index (χ1v) is 8.33. The summed E-state index contributed by atoms with van der Waals surface area (Å²) >= 11 is 0. The smallest absolute Gasteiger partial charge is 0.341 e. The van der Waals surface area contributed by atoms with E-state index in [1.807, 2.05) is 0 Å². The number of ether oxygens (including phenoxy) is 1. The highest BCUT2D eigenvalue weighted by atomic mass is 32.2. The molecule has 0 fully saturated rings. The Bertz CT molecular complexity index is 589. The molecule has 118 valence electrons. The largest absolute Gasteiger partial charge is 0.462 e. The summed E-state index contributed by atoms with van der Waals surface area (Å²) in [6, 6.07) is 1.49. The van der Waals surface area contributed by atoms with Crippen molar-refractivity contribution in [1.29, 1.82) is 0 Å². The number of carbonyl (C=O) groups excluding carboxylic acids is 1. The van der Waals surface area contributed by atoms with Crippen molar-refractivity contribution in [1.82, 2.24) is 9.71 Å². The molecular weight excluding hydrogens is 296 g/mol. The minimum Gasteiger partial charge on any atom is -0.462 e. The van der Waals surface area contributed by atoms with E-state index in [2.05, 4.69) is 15.0 Å². The number of carbonyl (C=O) groups is 1. The number of pyridine rings is 1. The van der Waals surface area contributed by atoms with Gasteiger partial charge >= 0.3 is 5.97 Å². The lowest BCUT2D eigenvalue weighted by Crippen LogP contribution is -2.24. The second-order valence-electron chi connectivity index (χ2n) is 4.33. The average Bonchev–Trinajstić information content (AvgIpc) is 2.38. The standard InChI is InChI=1S/C12H20N4O4S/c1-3-20-12(17)10-7-9(13)8-15-11(10)14-5-4-6-16-21(2,18)19/h7-8,16H,3-6,13H2,1-2H3,(H,14,15). The highest BCUT2D eigenvalue weighted by Crippen LogP contribution is 2.16. The zero-order valence-corrected chi connectivity index (χ0v) is 12.9. The summed E-state index contributed by atoms with van der Waals surface area (Å²) in [4.78, 5) is 15.8. The number of nitrogens with one attached hydrogen (secondary N) is 2. The summed E-state index contributed by atoms with van der Waals surface area (Å²) < 4.78 is 29.1. The van der Waals surface area contributed by atoms with Gasteiger partial charge in [-0.25, -0.2) is 22.9 Å². The molecule has 0 spiro atoms. The van der Waals surface area contributed by atoms with Crippen molar-refractivity contribution in [3.63, 3.8) is 0 Å². The Labute approximate surface area is 124 Å². The van der Waals surface area contributed by atoms with Crippen LogP contribution < -0.4 is 15.8 Å². The van der Waals surface area contributed by atoms with Gasteiger partial charge in [0.25, 0.3) is 0 Å². The fourth-order valence-corrected chi connectivity index (χ4v) is 2.05. The Morgan fingerprint density at radius 3 is 2.76 bits per heavy atom.